The van der Waals surface area contributed by atoms with Gasteiger partial charge < -0.3 is 10.6 Å². The first-order valence-corrected chi connectivity index (χ1v) is 6.82. The van der Waals surface area contributed by atoms with Gasteiger partial charge in [-0.15, -0.1) is 0 Å². The molecule has 1 aromatic heterocycles. The molecular weight excluding hydrogens is 248 g/mol. The fourth-order valence-corrected chi connectivity index (χ4v) is 2.70. The molecule has 0 unspecified atom stereocenters. The molecule has 2 heterocycles. The Balaban J connectivity index is 2.04. The third-order valence-electron chi connectivity index (χ3n) is 3.69. The molecule has 0 aliphatic carbocycles. The highest BCUT2D eigenvalue weighted by molar-refractivity contribution is 5.95. The number of amidine groups is 1. The van der Waals surface area contributed by atoms with Gasteiger partial charge in [-0.2, -0.15) is 0 Å². The first-order valence-electron chi connectivity index (χ1n) is 6.82. The molecule has 20 heavy (non-hydrogen) atoms. The number of hydrogen-bond donors (Lipinski definition) is 2. The van der Waals surface area contributed by atoms with E-state index in [0.29, 0.717) is 5.56 Å². The quantitative estimate of drug-likeness (QED) is 0.649. The van der Waals surface area contributed by atoms with Crippen LogP contribution >= 0.6 is 0 Å². The van der Waals surface area contributed by atoms with Crippen LogP contribution in [-0.4, -0.2) is 17.4 Å². The predicted molar refractivity (Wildman–Crippen MR) is 81.8 cm³/mol. The number of pyridine rings is 1. The minimum Gasteiger partial charge on any atom is -0.384 e. The van der Waals surface area contributed by atoms with Crippen LogP contribution in [0.3, 0.4) is 0 Å². The van der Waals surface area contributed by atoms with E-state index in [1.165, 1.54) is 16.8 Å². The van der Waals surface area contributed by atoms with E-state index in [1.807, 2.05) is 6.07 Å². The molecule has 0 fully saturated rings. The van der Waals surface area contributed by atoms with Crippen molar-refractivity contribution in [1.29, 1.82) is 5.41 Å². The number of nitrogens with zero attached hydrogens (tertiary/aromatic N) is 2. The number of nitrogens with two attached hydrogens (primary N) is 1. The Morgan fingerprint density at radius 1 is 1.30 bits per heavy atom. The number of aryl methyl sites for hydroxylation is 2. The molecule has 2 aromatic rings. The zero-order chi connectivity index (χ0) is 14.1. The number of hydrogen-bond acceptors (Lipinski definition) is 3. The summed E-state index contributed by atoms with van der Waals surface area (Å²) in [6.07, 6.45) is 3.94. The molecule has 0 atom stereocenters. The Labute approximate surface area is 118 Å². The first-order chi connectivity index (χ1) is 9.65. The van der Waals surface area contributed by atoms with Crippen LogP contribution in [-0.2, 0) is 6.42 Å². The van der Waals surface area contributed by atoms with Gasteiger partial charge in [-0.3, -0.25) is 5.41 Å². The highest BCUT2D eigenvalue weighted by Crippen LogP contribution is 2.33. The van der Waals surface area contributed by atoms with Gasteiger partial charge in [-0.25, -0.2) is 4.98 Å². The Bertz CT molecular complexity index is 663. The number of rotatable bonds is 2. The number of anilines is 2. The monoisotopic (exact) mass is 266 g/mol. The number of nitrogen functional groups attached to an aromatic ring is 1. The Hall–Kier alpha value is -2.36. The van der Waals surface area contributed by atoms with Crippen LogP contribution in [0.4, 0.5) is 11.5 Å². The molecule has 0 saturated carbocycles. The van der Waals surface area contributed by atoms with Gasteiger partial charge in [0.15, 0.2) is 0 Å². The minimum atomic E-state index is 0.0785. The third-order valence-corrected chi connectivity index (χ3v) is 3.69. The van der Waals surface area contributed by atoms with Gasteiger partial charge in [0.2, 0.25) is 0 Å². The van der Waals surface area contributed by atoms with Crippen molar-refractivity contribution >= 4 is 17.3 Å². The van der Waals surface area contributed by atoms with Crippen molar-refractivity contribution in [1.82, 2.24) is 4.98 Å². The number of aromatic nitrogens is 1. The van der Waals surface area contributed by atoms with E-state index >= 15 is 0 Å². The van der Waals surface area contributed by atoms with E-state index in [4.69, 9.17) is 11.1 Å². The average Bonchev–Trinajstić information content (AvgIpc) is 2.46. The standard InChI is InChI=1S/C16H18N4/c1-11-4-5-14-12(9-11)3-2-8-20(14)15-10-13(16(17)18)6-7-19-15/h4-7,9-10H,2-3,8H2,1H3,(H3,17,18). The first kappa shape index (κ1) is 12.7. The van der Waals surface area contributed by atoms with E-state index < -0.39 is 0 Å². The average molecular weight is 266 g/mol. The predicted octanol–water partition coefficient (Wildman–Crippen LogP) is 2.76. The topological polar surface area (TPSA) is 66.0 Å². The molecule has 0 bridgehead atoms. The number of fused-ring (bicyclic) bond motifs is 1. The van der Waals surface area contributed by atoms with Gasteiger partial charge in [0, 0.05) is 24.0 Å². The highest BCUT2D eigenvalue weighted by Gasteiger charge is 2.19. The van der Waals surface area contributed by atoms with Gasteiger partial charge in [-0.1, -0.05) is 17.7 Å². The van der Waals surface area contributed by atoms with Crippen molar-refractivity contribution in [2.75, 3.05) is 11.4 Å². The molecule has 1 aromatic carbocycles. The van der Waals surface area contributed by atoms with Gasteiger partial charge in [-0.05, 0) is 43.5 Å². The van der Waals surface area contributed by atoms with Gasteiger partial charge in [0.05, 0.1) is 0 Å². The zero-order valence-corrected chi connectivity index (χ0v) is 11.6. The van der Waals surface area contributed by atoms with Crippen molar-refractivity contribution in [3.63, 3.8) is 0 Å². The Morgan fingerprint density at radius 3 is 2.95 bits per heavy atom. The maximum absolute atomic E-state index is 7.55. The zero-order valence-electron chi connectivity index (χ0n) is 11.6. The van der Waals surface area contributed by atoms with Crippen LogP contribution in [0.1, 0.15) is 23.1 Å². The lowest BCUT2D eigenvalue weighted by molar-refractivity contribution is 0.759. The molecule has 1 aliphatic heterocycles. The smallest absolute Gasteiger partial charge is 0.133 e. The van der Waals surface area contributed by atoms with Crippen molar-refractivity contribution in [2.45, 2.75) is 19.8 Å². The van der Waals surface area contributed by atoms with E-state index in [1.54, 1.807) is 12.3 Å². The lowest BCUT2D eigenvalue weighted by atomic mass is 9.99. The summed E-state index contributed by atoms with van der Waals surface area (Å²) in [6, 6.07) is 10.2. The second kappa shape index (κ2) is 4.96. The highest BCUT2D eigenvalue weighted by atomic mass is 15.2. The summed E-state index contributed by atoms with van der Waals surface area (Å²) in [4.78, 5) is 6.65. The van der Waals surface area contributed by atoms with Gasteiger partial charge in [0.25, 0.3) is 0 Å². The summed E-state index contributed by atoms with van der Waals surface area (Å²) in [6.45, 7) is 3.07. The van der Waals surface area contributed by atoms with Crippen molar-refractivity contribution in [3.8, 4) is 0 Å². The summed E-state index contributed by atoms with van der Waals surface area (Å²) in [5, 5.41) is 7.55. The molecule has 4 nitrogen and oxygen atoms in total. The molecular formula is C16H18N4. The minimum absolute atomic E-state index is 0.0785. The van der Waals surface area contributed by atoms with Crippen LogP contribution in [0, 0.1) is 12.3 Å². The molecule has 0 radical (unpaired) electrons. The molecule has 0 spiro atoms. The molecule has 0 amide bonds. The van der Waals surface area contributed by atoms with Crippen molar-refractivity contribution in [2.24, 2.45) is 5.73 Å². The third kappa shape index (κ3) is 2.25. The molecule has 4 heteroatoms. The molecule has 3 rings (SSSR count). The number of benzene rings is 1. The Kier molecular flexibility index (Phi) is 3.14. The fraction of sp³-hybridized carbons (Fsp3) is 0.250. The van der Waals surface area contributed by atoms with Crippen LogP contribution in [0.25, 0.3) is 0 Å². The second-order valence-electron chi connectivity index (χ2n) is 5.20. The summed E-state index contributed by atoms with van der Waals surface area (Å²) in [5.41, 5.74) is 10.2. The summed E-state index contributed by atoms with van der Waals surface area (Å²) in [5.74, 6) is 0.942. The molecule has 1 aliphatic rings. The SMILES string of the molecule is Cc1ccc2c(c1)CCCN2c1cc(C(=N)N)ccn1. The van der Waals surface area contributed by atoms with Crippen LogP contribution in [0.2, 0.25) is 0 Å². The second-order valence-corrected chi connectivity index (χ2v) is 5.20. The lowest BCUT2D eigenvalue weighted by Gasteiger charge is -2.30. The van der Waals surface area contributed by atoms with E-state index in [0.717, 1.165) is 25.2 Å². The van der Waals surface area contributed by atoms with Crippen LogP contribution in [0.5, 0.6) is 0 Å². The summed E-state index contributed by atoms with van der Waals surface area (Å²) in [7, 11) is 0. The summed E-state index contributed by atoms with van der Waals surface area (Å²) >= 11 is 0. The lowest BCUT2D eigenvalue weighted by Crippen LogP contribution is -2.25. The van der Waals surface area contributed by atoms with E-state index in [-0.39, 0.29) is 5.84 Å². The van der Waals surface area contributed by atoms with Gasteiger partial charge in [0.1, 0.15) is 11.7 Å². The van der Waals surface area contributed by atoms with Crippen molar-refractivity contribution < 1.29 is 0 Å². The van der Waals surface area contributed by atoms with E-state index in [2.05, 4.69) is 35.0 Å². The molecule has 102 valence electrons. The summed E-state index contributed by atoms with van der Waals surface area (Å²) < 4.78 is 0. The van der Waals surface area contributed by atoms with Crippen LogP contribution < -0.4 is 10.6 Å². The molecule has 0 saturated heterocycles. The maximum Gasteiger partial charge on any atom is 0.133 e. The van der Waals surface area contributed by atoms with Gasteiger partial charge >= 0.3 is 0 Å². The Morgan fingerprint density at radius 2 is 2.15 bits per heavy atom. The van der Waals surface area contributed by atoms with E-state index in [9.17, 15) is 0 Å². The largest absolute Gasteiger partial charge is 0.384 e. The van der Waals surface area contributed by atoms with Crippen LogP contribution in [0.15, 0.2) is 36.5 Å². The number of nitrogens with one attached hydrogen (secondary N) is 1. The van der Waals surface area contributed by atoms with Crippen molar-refractivity contribution in [3.05, 3.63) is 53.2 Å². The molecule has 3 N–H and O–H groups in total. The maximum atomic E-state index is 7.55. The fourth-order valence-electron chi connectivity index (χ4n) is 2.70. The normalized spacial score (nSPS) is 13.9.